The molecule has 0 spiro atoms. The van der Waals surface area contributed by atoms with Gasteiger partial charge in [-0.25, -0.2) is 17.7 Å². The van der Waals surface area contributed by atoms with Crippen molar-refractivity contribution in [2.75, 3.05) is 13.1 Å². The van der Waals surface area contributed by atoms with E-state index in [2.05, 4.69) is 9.97 Å². The van der Waals surface area contributed by atoms with Crippen molar-refractivity contribution in [2.45, 2.75) is 31.6 Å². The van der Waals surface area contributed by atoms with E-state index in [4.69, 9.17) is 4.74 Å². The molecule has 0 N–H and O–H groups in total. The van der Waals surface area contributed by atoms with Crippen LogP contribution in [0.5, 0.6) is 5.88 Å². The number of aromatic nitrogens is 2. The molecular formula is C17H21N3O3S. The van der Waals surface area contributed by atoms with E-state index in [1.54, 1.807) is 22.9 Å². The lowest BCUT2D eigenvalue weighted by atomic mass is 10.1. The zero-order valence-corrected chi connectivity index (χ0v) is 14.4. The Morgan fingerprint density at radius 1 is 1.25 bits per heavy atom. The van der Waals surface area contributed by atoms with Crippen LogP contribution in [-0.2, 0) is 15.8 Å². The molecule has 1 saturated heterocycles. The van der Waals surface area contributed by atoms with Crippen LogP contribution in [-0.4, -0.2) is 41.9 Å². The lowest BCUT2D eigenvalue weighted by molar-refractivity contribution is 0.129. The second-order valence-electron chi connectivity index (χ2n) is 6.01. The minimum atomic E-state index is -3.30. The van der Waals surface area contributed by atoms with Crippen molar-refractivity contribution in [1.29, 1.82) is 0 Å². The standard InChI is InChI=1S/C17H21N3O3S/c1-14-3-2-4-15(11-14)13-24(21,22)20-9-5-16(6-10-20)23-17-12-18-7-8-19-17/h2-4,7-8,11-12,16H,5-6,9-10,13H2,1H3. The molecule has 24 heavy (non-hydrogen) atoms. The van der Waals surface area contributed by atoms with Crippen LogP contribution in [0.15, 0.2) is 42.9 Å². The van der Waals surface area contributed by atoms with Gasteiger partial charge < -0.3 is 4.74 Å². The maximum Gasteiger partial charge on any atom is 0.232 e. The smallest absolute Gasteiger partial charge is 0.232 e. The number of nitrogens with zero attached hydrogens (tertiary/aromatic N) is 3. The quantitative estimate of drug-likeness (QED) is 0.829. The number of ether oxygens (including phenoxy) is 1. The third kappa shape index (κ3) is 4.30. The van der Waals surface area contributed by atoms with Gasteiger partial charge in [0, 0.05) is 25.5 Å². The van der Waals surface area contributed by atoms with E-state index in [1.165, 1.54) is 0 Å². The fourth-order valence-corrected chi connectivity index (χ4v) is 4.40. The highest BCUT2D eigenvalue weighted by Crippen LogP contribution is 2.21. The average Bonchev–Trinajstić information content (AvgIpc) is 2.56. The van der Waals surface area contributed by atoms with Crippen molar-refractivity contribution in [2.24, 2.45) is 0 Å². The Kier molecular flexibility index (Phi) is 5.11. The van der Waals surface area contributed by atoms with E-state index < -0.39 is 10.0 Å². The summed E-state index contributed by atoms with van der Waals surface area (Å²) in [6.07, 6.45) is 6.03. The lowest BCUT2D eigenvalue weighted by Crippen LogP contribution is -2.42. The Balaban J connectivity index is 1.57. The summed E-state index contributed by atoms with van der Waals surface area (Å²) < 4.78 is 32.5. The first-order chi connectivity index (χ1) is 11.5. The van der Waals surface area contributed by atoms with Crippen LogP contribution in [0.25, 0.3) is 0 Å². The molecule has 0 bridgehead atoms. The van der Waals surface area contributed by atoms with Crippen LogP contribution >= 0.6 is 0 Å². The summed E-state index contributed by atoms with van der Waals surface area (Å²) in [6.45, 7) is 2.91. The summed E-state index contributed by atoms with van der Waals surface area (Å²) in [5.41, 5.74) is 1.90. The van der Waals surface area contributed by atoms with Gasteiger partial charge in [-0.3, -0.25) is 4.98 Å². The third-order valence-electron chi connectivity index (χ3n) is 4.05. The van der Waals surface area contributed by atoms with Gasteiger partial charge in [-0.1, -0.05) is 29.8 Å². The second kappa shape index (κ2) is 7.27. The van der Waals surface area contributed by atoms with Crippen LogP contribution in [0.1, 0.15) is 24.0 Å². The molecule has 2 heterocycles. The summed E-state index contributed by atoms with van der Waals surface area (Å²) in [5.74, 6) is 0.531. The van der Waals surface area contributed by atoms with E-state index in [9.17, 15) is 8.42 Å². The first-order valence-corrected chi connectivity index (χ1v) is 9.60. The molecule has 1 fully saturated rings. The summed E-state index contributed by atoms with van der Waals surface area (Å²) in [6, 6.07) is 7.63. The van der Waals surface area contributed by atoms with Gasteiger partial charge in [0.2, 0.25) is 15.9 Å². The first kappa shape index (κ1) is 16.9. The highest BCUT2D eigenvalue weighted by Gasteiger charge is 2.29. The third-order valence-corrected chi connectivity index (χ3v) is 5.90. The van der Waals surface area contributed by atoms with Crippen molar-refractivity contribution in [3.63, 3.8) is 0 Å². The second-order valence-corrected chi connectivity index (χ2v) is 7.97. The number of hydrogen-bond acceptors (Lipinski definition) is 5. The molecule has 0 saturated carbocycles. The number of aryl methyl sites for hydroxylation is 1. The van der Waals surface area contributed by atoms with Crippen LogP contribution in [0, 0.1) is 6.92 Å². The first-order valence-electron chi connectivity index (χ1n) is 7.99. The summed E-state index contributed by atoms with van der Waals surface area (Å²) in [4.78, 5) is 8.05. The molecule has 1 aliphatic heterocycles. The number of benzene rings is 1. The highest BCUT2D eigenvalue weighted by molar-refractivity contribution is 7.88. The maximum atomic E-state index is 12.6. The number of sulfonamides is 1. The molecular weight excluding hydrogens is 326 g/mol. The molecule has 0 aliphatic carbocycles. The minimum absolute atomic E-state index is 0.0212. The van der Waals surface area contributed by atoms with E-state index in [1.807, 2.05) is 31.2 Å². The largest absolute Gasteiger partial charge is 0.473 e. The van der Waals surface area contributed by atoms with Crippen molar-refractivity contribution < 1.29 is 13.2 Å². The van der Waals surface area contributed by atoms with Gasteiger partial charge in [0.05, 0.1) is 11.9 Å². The Labute approximate surface area is 142 Å². The molecule has 0 atom stereocenters. The van der Waals surface area contributed by atoms with Gasteiger partial charge in [-0.15, -0.1) is 0 Å². The van der Waals surface area contributed by atoms with Crippen molar-refractivity contribution in [3.8, 4) is 5.88 Å². The number of piperidine rings is 1. The maximum absolute atomic E-state index is 12.6. The van der Waals surface area contributed by atoms with Gasteiger partial charge >= 0.3 is 0 Å². The molecule has 0 amide bonds. The monoisotopic (exact) mass is 347 g/mol. The summed E-state index contributed by atoms with van der Waals surface area (Å²) in [5, 5.41) is 0. The Bertz CT molecular complexity index is 773. The van der Waals surface area contributed by atoms with Crippen molar-refractivity contribution in [3.05, 3.63) is 54.0 Å². The van der Waals surface area contributed by atoms with Crippen LogP contribution in [0.2, 0.25) is 0 Å². The summed E-state index contributed by atoms with van der Waals surface area (Å²) >= 11 is 0. The topological polar surface area (TPSA) is 72.4 Å². The molecule has 2 aromatic rings. The normalized spacial score (nSPS) is 16.9. The predicted molar refractivity (Wildman–Crippen MR) is 91.1 cm³/mol. The van der Waals surface area contributed by atoms with Gasteiger partial charge in [0.15, 0.2) is 0 Å². The highest BCUT2D eigenvalue weighted by atomic mass is 32.2. The number of rotatable bonds is 5. The Morgan fingerprint density at radius 3 is 2.71 bits per heavy atom. The molecule has 1 aliphatic rings. The molecule has 6 nitrogen and oxygen atoms in total. The van der Waals surface area contributed by atoms with Crippen molar-refractivity contribution in [1.82, 2.24) is 14.3 Å². The van der Waals surface area contributed by atoms with Gasteiger partial charge in [0.25, 0.3) is 0 Å². The Morgan fingerprint density at radius 2 is 2.04 bits per heavy atom. The number of hydrogen-bond donors (Lipinski definition) is 0. The molecule has 1 aromatic heterocycles. The minimum Gasteiger partial charge on any atom is -0.473 e. The fraction of sp³-hybridized carbons (Fsp3) is 0.412. The molecule has 0 radical (unpaired) electrons. The van der Waals surface area contributed by atoms with Gasteiger partial charge in [0.1, 0.15) is 6.10 Å². The molecule has 7 heteroatoms. The average molecular weight is 347 g/mol. The Hall–Kier alpha value is -1.99. The van der Waals surface area contributed by atoms with E-state index >= 15 is 0 Å². The molecule has 3 rings (SSSR count). The predicted octanol–water partition coefficient (Wildman–Crippen LogP) is 2.16. The van der Waals surface area contributed by atoms with Crippen LogP contribution < -0.4 is 4.74 Å². The molecule has 1 aromatic carbocycles. The molecule has 0 unspecified atom stereocenters. The van der Waals surface area contributed by atoms with E-state index in [0.717, 1.165) is 11.1 Å². The van der Waals surface area contributed by atoms with Crippen LogP contribution in [0.4, 0.5) is 0 Å². The van der Waals surface area contributed by atoms with Crippen LogP contribution in [0.3, 0.4) is 0 Å². The van der Waals surface area contributed by atoms with Crippen molar-refractivity contribution >= 4 is 10.0 Å². The van der Waals surface area contributed by atoms with Gasteiger partial charge in [-0.2, -0.15) is 0 Å². The van der Waals surface area contributed by atoms with Gasteiger partial charge in [-0.05, 0) is 25.3 Å². The molecule has 128 valence electrons. The zero-order valence-electron chi connectivity index (χ0n) is 13.6. The lowest BCUT2D eigenvalue weighted by Gasteiger charge is -2.31. The SMILES string of the molecule is Cc1cccc(CS(=O)(=O)N2CCC(Oc3cnccn3)CC2)c1. The summed E-state index contributed by atoms with van der Waals surface area (Å²) in [7, 11) is -3.30. The van der Waals surface area contributed by atoms with E-state index in [0.29, 0.717) is 31.8 Å². The zero-order chi connectivity index (χ0) is 17.0. The van der Waals surface area contributed by atoms with E-state index in [-0.39, 0.29) is 11.9 Å². The fourth-order valence-electron chi connectivity index (χ4n) is 2.85.